The van der Waals surface area contributed by atoms with Gasteiger partial charge in [-0.15, -0.1) is 0 Å². The molecule has 0 bridgehead atoms. The van der Waals surface area contributed by atoms with Gasteiger partial charge in [0, 0.05) is 26.7 Å². The van der Waals surface area contributed by atoms with Gasteiger partial charge in [-0.1, -0.05) is 12.2 Å². The first-order chi connectivity index (χ1) is 15.7. The molecule has 0 unspecified atom stereocenters. The van der Waals surface area contributed by atoms with E-state index in [1.54, 1.807) is 0 Å². The van der Waals surface area contributed by atoms with E-state index in [9.17, 15) is 21.6 Å². The van der Waals surface area contributed by atoms with E-state index in [1.165, 1.54) is 37.3 Å². The number of halogens is 3. The molecule has 2 aliphatic rings. The Morgan fingerprint density at radius 3 is 2.24 bits per heavy atom. The van der Waals surface area contributed by atoms with Crippen LogP contribution >= 0.6 is 0 Å². The van der Waals surface area contributed by atoms with Crippen LogP contribution in [0.3, 0.4) is 0 Å². The van der Waals surface area contributed by atoms with E-state index in [-0.39, 0.29) is 10.8 Å². The number of alkyl halides is 3. The van der Waals surface area contributed by atoms with E-state index in [4.69, 9.17) is 4.74 Å². The Hall–Kier alpha value is -1.42. The summed E-state index contributed by atoms with van der Waals surface area (Å²) in [4.78, 5) is 2.32. The van der Waals surface area contributed by atoms with Crippen LogP contribution in [0.2, 0.25) is 0 Å². The minimum atomic E-state index is -4.49. The van der Waals surface area contributed by atoms with Crippen molar-refractivity contribution in [3.63, 3.8) is 0 Å². The highest BCUT2D eigenvalue weighted by Gasteiger charge is 2.32. The maximum atomic E-state index is 12.8. The topological polar surface area (TPSA) is 49.9 Å². The second-order valence-corrected chi connectivity index (χ2v) is 11.3. The zero-order valence-electron chi connectivity index (χ0n) is 19.3. The number of ether oxygens (including phenoxy) is 1. The van der Waals surface area contributed by atoms with Crippen LogP contribution in [0.25, 0.3) is 0 Å². The fourth-order valence-electron chi connectivity index (χ4n) is 4.60. The monoisotopic (exact) mass is 488 g/mol. The van der Waals surface area contributed by atoms with Crippen LogP contribution in [0.5, 0.6) is 0 Å². The van der Waals surface area contributed by atoms with Crippen LogP contribution in [0.4, 0.5) is 13.2 Å². The summed E-state index contributed by atoms with van der Waals surface area (Å²) in [6, 6.07) is 3.69. The molecule has 3 rings (SSSR count). The second-order valence-electron chi connectivity index (χ2n) is 9.21. The number of sulfonamides is 1. The Balaban J connectivity index is 1.36. The Labute approximate surface area is 195 Å². The smallest absolute Gasteiger partial charge is 0.377 e. The Bertz CT molecular complexity index is 858. The van der Waals surface area contributed by atoms with Gasteiger partial charge in [-0.2, -0.15) is 13.2 Å². The predicted octanol–water partition coefficient (Wildman–Crippen LogP) is 4.80. The molecule has 1 aliphatic carbocycles. The number of rotatable bonds is 10. The highest BCUT2D eigenvalue weighted by molar-refractivity contribution is 7.89. The van der Waals surface area contributed by atoms with Gasteiger partial charge in [-0.05, 0) is 87.7 Å². The van der Waals surface area contributed by atoms with E-state index in [0.29, 0.717) is 19.1 Å². The number of nitrogens with zero attached hydrogens (tertiary/aromatic N) is 2. The summed E-state index contributed by atoms with van der Waals surface area (Å²) in [6.07, 6.45) is 6.21. The molecule has 33 heavy (non-hydrogen) atoms. The lowest BCUT2D eigenvalue weighted by molar-refractivity contribution is -0.137. The van der Waals surface area contributed by atoms with Gasteiger partial charge in [0.05, 0.1) is 17.1 Å². The first kappa shape index (κ1) is 26.2. The molecule has 0 aromatic heterocycles. The van der Waals surface area contributed by atoms with Crippen LogP contribution < -0.4 is 0 Å². The zero-order chi connectivity index (χ0) is 23.9. The van der Waals surface area contributed by atoms with Gasteiger partial charge in [0.1, 0.15) is 0 Å². The first-order valence-corrected chi connectivity index (χ1v) is 13.2. The van der Waals surface area contributed by atoms with Gasteiger partial charge >= 0.3 is 6.18 Å². The molecule has 2 fully saturated rings. The molecule has 0 radical (unpaired) electrons. The molecule has 1 saturated heterocycles. The maximum Gasteiger partial charge on any atom is 0.416 e. The first-order valence-electron chi connectivity index (χ1n) is 11.7. The quantitative estimate of drug-likeness (QED) is 0.351. The summed E-state index contributed by atoms with van der Waals surface area (Å²) in [7, 11) is -2.32. The minimum Gasteiger partial charge on any atom is -0.377 e. The van der Waals surface area contributed by atoms with Crippen molar-refractivity contribution in [2.75, 3.05) is 46.4 Å². The van der Waals surface area contributed by atoms with Gasteiger partial charge in [0.25, 0.3) is 0 Å². The van der Waals surface area contributed by atoms with Crippen molar-refractivity contribution < 1.29 is 26.3 Å². The van der Waals surface area contributed by atoms with Crippen molar-refractivity contribution in [1.29, 1.82) is 0 Å². The maximum absolute atomic E-state index is 12.8. The van der Waals surface area contributed by atoms with Crippen molar-refractivity contribution in [2.24, 2.45) is 11.8 Å². The third kappa shape index (κ3) is 7.80. The van der Waals surface area contributed by atoms with E-state index >= 15 is 0 Å². The van der Waals surface area contributed by atoms with Crippen LogP contribution in [0.1, 0.15) is 44.1 Å². The molecule has 1 aromatic carbocycles. The fraction of sp³-hybridized carbons (Fsp3) is 0.667. The Kier molecular flexibility index (Phi) is 9.38. The summed E-state index contributed by atoms with van der Waals surface area (Å²) in [5.74, 6) is 0.737. The van der Waals surface area contributed by atoms with Gasteiger partial charge in [0.2, 0.25) is 10.0 Å². The number of hydrogen-bond donors (Lipinski definition) is 0. The van der Waals surface area contributed by atoms with Crippen molar-refractivity contribution in [1.82, 2.24) is 9.21 Å². The molecule has 0 N–H and O–H groups in total. The molecule has 1 aromatic rings. The molecule has 0 amide bonds. The standard InChI is InChI=1S/C24H35F3N2O3S/c1-28(33(30,31)23-12-10-22(11-13-23)24(25,26)27)18-20-6-8-21(9-7-20)19-32-17-5-4-16-29-14-2-3-15-29/h4-5,10-13,20-21H,2-3,6-9,14-19H2,1H3/b5-4+. The van der Waals surface area contributed by atoms with Crippen LogP contribution in [-0.2, 0) is 20.9 Å². The molecule has 5 nitrogen and oxygen atoms in total. The van der Waals surface area contributed by atoms with E-state index in [1.807, 2.05) is 0 Å². The largest absolute Gasteiger partial charge is 0.416 e. The Morgan fingerprint density at radius 2 is 1.64 bits per heavy atom. The summed E-state index contributed by atoms with van der Waals surface area (Å²) in [5.41, 5.74) is -0.855. The third-order valence-electron chi connectivity index (χ3n) is 6.67. The summed E-state index contributed by atoms with van der Waals surface area (Å²) >= 11 is 0. The number of likely N-dealkylation sites (tertiary alicyclic amines) is 1. The van der Waals surface area contributed by atoms with Crippen molar-refractivity contribution in [3.8, 4) is 0 Å². The van der Waals surface area contributed by atoms with Crippen molar-refractivity contribution in [2.45, 2.75) is 49.6 Å². The molecular formula is C24H35F3N2O3S. The molecule has 1 saturated carbocycles. The number of benzene rings is 1. The average molecular weight is 489 g/mol. The van der Waals surface area contributed by atoms with E-state index in [0.717, 1.165) is 63.1 Å². The lowest BCUT2D eigenvalue weighted by atomic mass is 9.82. The SMILES string of the molecule is CN(CC1CCC(COC/C=C/CN2CCCC2)CC1)S(=O)(=O)c1ccc(C(F)(F)F)cc1. The molecule has 1 aliphatic heterocycles. The predicted molar refractivity (Wildman–Crippen MR) is 122 cm³/mol. The highest BCUT2D eigenvalue weighted by atomic mass is 32.2. The van der Waals surface area contributed by atoms with Gasteiger partial charge in [0.15, 0.2) is 0 Å². The Morgan fingerprint density at radius 1 is 1.03 bits per heavy atom. The minimum absolute atomic E-state index is 0.113. The zero-order valence-corrected chi connectivity index (χ0v) is 20.1. The van der Waals surface area contributed by atoms with Crippen LogP contribution in [0, 0.1) is 11.8 Å². The lowest BCUT2D eigenvalue weighted by Gasteiger charge is -2.30. The van der Waals surface area contributed by atoms with E-state index < -0.39 is 21.8 Å². The van der Waals surface area contributed by atoms with Crippen molar-refractivity contribution >= 4 is 10.0 Å². The molecular weight excluding hydrogens is 453 g/mol. The normalized spacial score (nSPS) is 23.1. The van der Waals surface area contributed by atoms with Gasteiger partial charge in [-0.3, -0.25) is 4.90 Å². The molecule has 186 valence electrons. The fourth-order valence-corrected chi connectivity index (χ4v) is 5.84. The summed E-state index contributed by atoms with van der Waals surface area (Å²) in [6.45, 7) is 5.10. The summed E-state index contributed by atoms with van der Waals surface area (Å²) in [5, 5.41) is 0. The van der Waals surface area contributed by atoms with Gasteiger partial charge < -0.3 is 4.74 Å². The molecule has 9 heteroatoms. The highest BCUT2D eigenvalue weighted by Crippen LogP contribution is 2.32. The van der Waals surface area contributed by atoms with Gasteiger partial charge in [-0.25, -0.2) is 12.7 Å². The molecule has 0 spiro atoms. The molecule has 0 atom stereocenters. The average Bonchev–Trinajstić information content (AvgIpc) is 3.30. The third-order valence-corrected chi connectivity index (χ3v) is 8.51. The lowest BCUT2D eigenvalue weighted by Crippen LogP contribution is -2.34. The second kappa shape index (κ2) is 11.8. The van der Waals surface area contributed by atoms with Crippen molar-refractivity contribution in [3.05, 3.63) is 42.0 Å². The number of hydrogen-bond acceptors (Lipinski definition) is 4. The van der Waals surface area contributed by atoms with Crippen LogP contribution in [0.15, 0.2) is 41.3 Å². The van der Waals surface area contributed by atoms with E-state index in [2.05, 4.69) is 17.1 Å². The van der Waals surface area contributed by atoms with Crippen LogP contribution in [-0.4, -0.2) is 64.1 Å². The molecule has 1 heterocycles. The summed E-state index contributed by atoms with van der Waals surface area (Å²) < 4.78 is 70.8.